The van der Waals surface area contributed by atoms with E-state index in [1.165, 1.54) is 18.4 Å². The number of hydrogen-bond donors (Lipinski definition) is 0. The molecule has 6 heteroatoms. The number of aryl methyl sites for hydroxylation is 1. The van der Waals surface area contributed by atoms with Crippen LogP contribution in [-0.4, -0.2) is 19.9 Å². The van der Waals surface area contributed by atoms with Gasteiger partial charge in [0.1, 0.15) is 9.96 Å². The first-order valence-electron chi connectivity index (χ1n) is 6.12. The van der Waals surface area contributed by atoms with E-state index < -0.39 is 10.0 Å². The van der Waals surface area contributed by atoms with Gasteiger partial charge in [-0.2, -0.15) is 0 Å². The molecule has 2 aromatic rings. The number of nitrogens with zero attached hydrogens (tertiary/aromatic N) is 1. The quantitative estimate of drug-likeness (QED) is 0.814. The summed E-state index contributed by atoms with van der Waals surface area (Å²) in [6.45, 7) is 5.67. The molecular formula is C14H17NO3S2. The Morgan fingerprint density at radius 2 is 1.65 bits per heavy atom. The Labute approximate surface area is 123 Å². The lowest BCUT2D eigenvalue weighted by Gasteiger charge is -2.17. The summed E-state index contributed by atoms with van der Waals surface area (Å²) in [7, 11) is -2.23. The van der Waals surface area contributed by atoms with Crippen LogP contribution >= 0.6 is 11.3 Å². The smallest absolute Gasteiger partial charge is 0.283 e. The molecule has 0 saturated heterocycles. The van der Waals surface area contributed by atoms with Crippen molar-refractivity contribution in [1.82, 2.24) is 4.47 Å². The summed E-state index contributed by atoms with van der Waals surface area (Å²) in [5.41, 5.74) is 1.80. The predicted octanol–water partition coefficient (Wildman–Crippen LogP) is 3.29. The number of rotatable bonds is 4. The maximum absolute atomic E-state index is 12.5. The molecular weight excluding hydrogens is 294 g/mol. The predicted molar refractivity (Wildman–Crippen MR) is 80.5 cm³/mol. The minimum absolute atomic E-state index is 0.339. The van der Waals surface area contributed by atoms with Crippen molar-refractivity contribution in [2.75, 3.05) is 7.05 Å². The van der Waals surface area contributed by atoms with Crippen molar-refractivity contribution in [2.45, 2.75) is 25.0 Å². The third kappa shape index (κ3) is 2.72. The van der Waals surface area contributed by atoms with E-state index in [0.717, 1.165) is 20.5 Å². The fourth-order valence-electron chi connectivity index (χ4n) is 1.75. The van der Waals surface area contributed by atoms with E-state index in [4.69, 9.17) is 4.84 Å². The molecule has 0 fully saturated rings. The molecule has 0 radical (unpaired) electrons. The second kappa shape index (κ2) is 5.55. The van der Waals surface area contributed by atoms with Crippen LogP contribution in [-0.2, 0) is 10.0 Å². The summed E-state index contributed by atoms with van der Waals surface area (Å²) < 4.78 is 26.3. The molecule has 0 amide bonds. The number of sulfonamides is 1. The molecule has 1 aromatic heterocycles. The van der Waals surface area contributed by atoms with Crippen molar-refractivity contribution in [3.63, 3.8) is 0 Å². The van der Waals surface area contributed by atoms with Crippen molar-refractivity contribution in [3.05, 3.63) is 46.3 Å². The van der Waals surface area contributed by atoms with Gasteiger partial charge in [0.25, 0.3) is 10.0 Å². The van der Waals surface area contributed by atoms with Gasteiger partial charge in [0.15, 0.2) is 0 Å². The Bertz CT molecular complexity index is 706. The zero-order valence-corrected chi connectivity index (χ0v) is 13.5. The van der Waals surface area contributed by atoms with Gasteiger partial charge in [-0.05, 0) is 48.5 Å². The lowest BCUT2D eigenvalue weighted by atomic mass is 10.2. The minimum Gasteiger partial charge on any atom is -0.391 e. The summed E-state index contributed by atoms with van der Waals surface area (Å²) in [5, 5.41) is 0. The number of thiophene rings is 1. The zero-order chi connectivity index (χ0) is 14.9. The van der Waals surface area contributed by atoms with Gasteiger partial charge in [-0.25, -0.2) is 8.42 Å². The lowest BCUT2D eigenvalue weighted by Crippen LogP contribution is -2.30. The maximum atomic E-state index is 12.5. The van der Waals surface area contributed by atoms with Crippen LogP contribution in [0.3, 0.4) is 0 Å². The van der Waals surface area contributed by atoms with Crippen LogP contribution in [0.25, 0.3) is 0 Å². The molecule has 1 heterocycles. The van der Waals surface area contributed by atoms with Crippen LogP contribution in [0, 0.1) is 20.8 Å². The van der Waals surface area contributed by atoms with Crippen LogP contribution in [0.5, 0.6) is 5.75 Å². The molecule has 0 aliphatic carbocycles. The van der Waals surface area contributed by atoms with Crippen molar-refractivity contribution >= 4 is 21.4 Å². The van der Waals surface area contributed by atoms with Gasteiger partial charge < -0.3 is 4.84 Å². The number of benzene rings is 1. The maximum Gasteiger partial charge on any atom is 0.283 e. The normalized spacial score (nSPS) is 11.8. The van der Waals surface area contributed by atoms with Crippen molar-refractivity contribution in [2.24, 2.45) is 0 Å². The fourth-order valence-corrected chi connectivity index (χ4v) is 4.71. The van der Waals surface area contributed by atoms with Gasteiger partial charge in [-0.1, -0.05) is 18.2 Å². The molecule has 1 aromatic carbocycles. The summed E-state index contributed by atoms with van der Waals surface area (Å²) >= 11 is 1.28. The minimum atomic E-state index is -3.64. The van der Waals surface area contributed by atoms with Crippen LogP contribution in [0.1, 0.15) is 16.0 Å². The Hall–Kier alpha value is -1.37. The Morgan fingerprint density at radius 3 is 2.15 bits per heavy atom. The molecule has 0 bridgehead atoms. The van der Waals surface area contributed by atoms with E-state index in [2.05, 4.69) is 0 Å². The average Bonchev–Trinajstić information content (AvgIpc) is 2.68. The third-order valence-corrected chi connectivity index (χ3v) is 6.70. The van der Waals surface area contributed by atoms with Crippen molar-refractivity contribution in [3.8, 4) is 5.75 Å². The lowest BCUT2D eigenvalue weighted by molar-refractivity contribution is 0.0647. The van der Waals surface area contributed by atoms with E-state index in [9.17, 15) is 8.42 Å². The highest BCUT2D eigenvalue weighted by Gasteiger charge is 2.28. The molecule has 0 N–H and O–H groups in total. The topological polar surface area (TPSA) is 46.6 Å². The Kier molecular flexibility index (Phi) is 4.17. The number of hydroxylamine groups is 1. The molecule has 4 nitrogen and oxygen atoms in total. The number of hydrogen-bond acceptors (Lipinski definition) is 4. The van der Waals surface area contributed by atoms with Gasteiger partial charge in [-0.15, -0.1) is 11.3 Å². The second-order valence-electron chi connectivity index (χ2n) is 4.51. The largest absolute Gasteiger partial charge is 0.391 e. The highest BCUT2D eigenvalue weighted by Crippen LogP contribution is 2.32. The van der Waals surface area contributed by atoms with E-state index in [-0.39, 0.29) is 0 Å². The molecule has 0 atom stereocenters. The monoisotopic (exact) mass is 311 g/mol. The molecule has 108 valence electrons. The van der Waals surface area contributed by atoms with Gasteiger partial charge in [0.2, 0.25) is 0 Å². The average molecular weight is 311 g/mol. The van der Waals surface area contributed by atoms with E-state index in [0.29, 0.717) is 9.96 Å². The Morgan fingerprint density at radius 1 is 1.05 bits per heavy atom. The summed E-state index contributed by atoms with van der Waals surface area (Å²) in [5.74, 6) is 0.487. The molecule has 0 aliphatic rings. The highest BCUT2D eigenvalue weighted by atomic mass is 32.2. The van der Waals surface area contributed by atoms with Crippen LogP contribution < -0.4 is 4.84 Å². The molecule has 2 rings (SSSR count). The van der Waals surface area contributed by atoms with E-state index in [1.807, 2.05) is 26.8 Å². The molecule has 20 heavy (non-hydrogen) atoms. The van der Waals surface area contributed by atoms with Gasteiger partial charge >= 0.3 is 0 Å². The molecule has 0 aliphatic heterocycles. The van der Waals surface area contributed by atoms with Crippen LogP contribution in [0.2, 0.25) is 0 Å². The highest BCUT2D eigenvalue weighted by molar-refractivity contribution is 7.91. The van der Waals surface area contributed by atoms with E-state index in [1.54, 1.807) is 24.3 Å². The Balaban J connectivity index is 2.32. The first-order valence-corrected chi connectivity index (χ1v) is 8.38. The van der Waals surface area contributed by atoms with Gasteiger partial charge in [0.05, 0.1) is 0 Å². The first-order chi connectivity index (χ1) is 9.34. The van der Waals surface area contributed by atoms with Crippen molar-refractivity contribution in [1.29, 1.82) is 0 Å². The summed E-state index contributed by atoms with van der Waals surface area (Å²) in [4.78, 5) is 6.40. The SMILES string of the molecule is Cc1sc(S(=O)(=O)N(C)Oc2ccccc2)c(C)c1C. The standard InChI is InChI=1S/C14H17NO3S2/c1-10-11(2)14(19-12(10)3)20(16,17)15(4)18-13-8-6-5-7-9-13/h5-9H,1-4H3. The second-order valence-corrected chi connectivity index (χ2v) is 7.87. The number of para-hydroxylation sites is 1. The third-order valence-electron chi connectivity index (χ3n) is 3.19. The van der Waals surface area contributed by atoms with E-state index >= 15 is 0 Å². The van der Waals surface area contributed by atoms with Crippen molar-refractivity contribution < 1.29 is 13.3 Å². The van der Waals surface area contributed by atoms with Gasteiger partial charge in [-0.3, -0.25) is 0 Å². The summed E-state index contributed by atoms with van der Waals surface area (Å²) in [6.07, 6.45) is 0. The van der Waals surface area contributed by atoms with Crippen LogP contribution in [0.15, 0.2) is 34.5 Å². The molecule has 0 unspecified atom stereocenters. The first kappa shape index (κ1) is 15.0. The summed E-state index contributed by atoms with van der Waals surface area (Å²) in [6, 6.07) is 8.85. The van der Waals surface area contributed by atoms with Gasteiger partial charge in [0, 0.05) is 11.9 Å². The fraction of sp³-hybridized carbons (Fsp3) is 0.286. The molecule has 0 saturated carbocycles. The molecule has 0 spiro atoms. The van der Waals surface area contributed by atoms with Crippen LogP contribution in [0.4, 0.5) is 0 Å². The zero-order valence-electron chi connectivity index (χ0n) is 11.9.